The van der Waals surface area contributed by atoms with Gasteiger partial charge in [-0.05, 0) is 63.0 Å². The molecule has 0 aromatic heterocycles. The van der Waals surface area contributed by atoms with Crippen LogP contribution in [0, 0.1) is 31.6 Å². The number of nitrogens with one attached hydrogen (secondary N) is 1. The molecule has 0 aliphatic heterocycles. The molecule has 0 saturated heterocycles. The summed E-state index contributed by atoms with van der Waals surface area (Å²) in [5.41, 5.74) is 5.68. The highest BCUT2D eigenvalue weighted by Crippen LogP contribution is 2.23. The lowest BCUT2D eigenvalue weighted by Gasteiger charge is -2.27. The Morgan fingerprint density at radius 3 is 1.76 bits per heavy atom. The summed E-state index contributed by atoms with van der Waals surface area (Å²) in [5.74, 6) is 7.26. The van der Waals surface area contributed by atoms with E-state index in [4.69, 9.17) is 12.2 Å². The Labute approximate surface area is 296 Å². The number of benzene rings is 1. The van der Waals surface area contributed by atoms with Crippen molar-refractivity contribution < 1.29 is 0 Å². The van der Waals surface area contributed by atoms with Gasteiger partial charge in [0.15, 0.2) is 5.11 Å². The average Bonchev–Trinajstić information content (AvgIpc) is 3.59. The molecule has 0 amide bonds. The number of aryl methyl sites for hydroxylation is 2. The van der Waals surface area contributed by atoms with Crippen LogP contribution < -0.4 is 5.32 Å². The Morgan fingerprint density at radius 2 is 1.46 bits per heavy atom. The lowest BCUT2D eigenvalue weighted by molar-refractivity contribution is 0.612. The predicted molar refractivity (Wildman–Crippen MR) is 221 cm³/mol. The smallest absolute Gasteiger partial charge is 0.177 e. The van der Waals surface area contributed by atoms with Gasteiger partial charge in [-0.2, -0.15) is 0 Å². The van der Waals surface area contributed by atoms with Crippen molar-refractivity contribution in [3.63, 3.8) is 0 Å². The zero-order valence-corrected chi connectivity index (χ0v) is 34.3. The van der Waals surface area contributed by atoms with Crippen LogP contribution >= 0.6 is 12.2 Å². The maximum atomic E-state index is 5.27. The second-order valence-electron chi connectivity index (χ2n) is 10.5. The Hall–Kier alpha value is -2.57. The van der Waals surface area contributed by atoms with Crippen molar-refractivity contribution in [3.8, 4) is 11.8 Å². The molecular formula is C43H78N2S. The Morgan fingerprint density at radius 1 is 0.957 bits per heavy atom. The predicted octanol–water partition coefficient (Wildman–Crippen LogP) is 14.3. The van der Waals surface area contributed by atoms with Gasteiger partial charge < -0.3 is 5.32 Å². The van der Waals surface area contributed by atoms with Gasteiger partial charge in [-0.1, -0.05) is 188 Å². The summed E-state index contributed by atoms with van der Waals surface area (Å²) in [7, 11) is 1.81. The van der Waals surface area contributed by atoms with E-state index in [-0.39, 0.29) is 0 Å². The van der Waals surface area contributed by atoms with Gasteiger partial charge in [0.25, 0.3) is 0 Å². The third kappa shape index (κ3) is 32.8. The largest absolute Gasteiger partial charge is 0.365 e. The number of unbranched alkanes of at least 4 members (excludes halogenated alkanes) is 2. The van der Waals surface area contributed by atoms with Gasteiger partial charge in [0.2, 0.25) is 0 Å². The number of rotatable bonds is 7. The van der Waals surface area contributed by atoms with E-state index in [1.165, 1.54) is 62.5 Å². The van der Waals surface area contributed by atoms with Gasteiger partial charge in [0, 0.05) is 30.4 Å². The van der Waals surface area contributed by atoms with Gasteiger partial charge in [0.1, 0.15) is 0 Å². The molecule has 1 aliphatic rings. The molecule has 1 aromatic carbocycles. The number of hydrogen-bond donors (Lipinski definition) is 1. The van der Waals surface area contributed by atoms with Crippen molar-refractivity contribution in [1.29, 1.82) is 0 Å². The molecule has 1 fully saturated rings. The van der Waals surface area contributed by atoms with Crippen molar-refractivity contribution in [2.24, 2.45) is 5.92 Å². The summed E-state index contributed by atoms with van der Waals surface area (Å²) < 4.78 is 0. The first-order valence-electron chi connectivity index (χ1n) is 18.3. The van der Waals surface area contributed by atoms with Crippen LogP contribution in [-0.2, 0) is 0 Å². The molecule has 0 heterocycles. The van der Waals surface area contributed by atoms with Gasteiger partial charge in [-0.15, -0.1) is 0 Å². The van der Waals surface area contributed by atoms with Crippen LogP contribution in [0.15, 0.2) is 67.1 Å². The molecule has 0 bridgehead atoms. The van der Waals surface area contributed by atoms with E-state index in [1.807, 2.05) is 64.8 Å². The number of allylic oxidation sites excluding steroid dienone is 5. The van der Waals surface area contributed by atoms with E-state index in [2.05, 4.69) is 111 Å². The van der Waals surface area contributed by atoms with Crippen LogP contribution in [0.1, 0.15) is 164 Å². The summed E-state index contributed by atoms with van der Waals surface area (Å²) >= 11 is 5.27. The van der Waals surface area contributed by atoms with Gasteiger partial charge in [-0.3, -0.25) is 4.90 Å². The Bertz CT molecular complexity index is 929. The Balaban J connectivity index is -0.000000163. The second-order valence-corrected chi connectivity index (χ2v) is 10.9. The monoisotopic (exact) mass is 655 g/mol. The van der Waals surface area contributed by atoms with E-state index < -0.39 is 0 Å². The molecule has 1 aliphatic carbocycles. The van der Waals surface area contributed by atoms with Crippen molar-refractivity contribution in [2.45, 2.75) is 161 Å². The molecule has 1 N–H and O–H groups in total. The highest BCUT2D eigenvalue weighted by molar-refractivity contribution is 7.80. The molecular weight excluding hydrogens is 577 g/mol. The van der Waals surface area contributed by atoms with Crippen LogP contribution in [0.5, 0.6) is 0 Å². The molecule has 0 spiro atoms. The van der Waals surface area contributed by atoms with Crippen molar-refractivity contribution in [2.75, 3.05) is 7.05 Å². The molecule has 0 atom stereocenters. The topological polar surface area (TPSA) is 15.3 Å². The molecule has 0 unspecified atom stereocenters. The maximum absolute atomic E-state index is 5.27. The van der Waals surface area contributed by atoms with Crippen molar-refractivity contribution >= 4 is 17.3 Å². The minimum absolute atomic E-state index is 0.647. The summed E-state index contributed by atoms with van der Waals surface area (Å²) in [5, 5.41) is 3.61. The molecule has 46 heavy (non-hydrogen) atoms. The third-order valence-corrected chi connectivity index (χ3v) is 6.91. The summed E-state index contributed by atoms with van der Waals surface area (Å²) in [6, 6.07) is 6.36. The fourth-order valence-electron chi connectivity index (χ4n) is 3.45. The molecule has 2 nitrogen and oxygen atoms in total. The zero-order valence-electron chi connectivity index (χ0n) is 33.5. The standard InChI is InChI=1S/C13H20N2S.C12H14.C6H12.2C4H10.2C2H6/c1-6-9-10-12(8-3)15(11(4)7-2)13(16)14-5;1-4-5-6-12-8-7-10(2)9-11(12)3;1-6-4-2-3-5-6;2*1-3-4-2;2*1-2/h6,8-10H,1,4,7H2,2-3,5H3,(H,14,16);7-9H,4H2,1-3H3;6H,2-5H2,1H3;2*3-4H2,1-2H3;2*1-2H3/b10-9-,12-8+;;;;;;. The third-order valence-electron chi connectivity index (χ3n) is 6.52. The summed E-state index contributed by atoms with van der Waals surface area (Å²) in [4.78, 5) is 1.93. The van der Waals surface area contributed by atoms with Crippen LogP contribution in [0.25, 0.3) is 0 Å². The highest BCUT2D eigenvalue weighted by Gasteiger charge is 2.13. The average molecular weight is 655 g/mol. The van der Waals surface area contributed by atoms with Gasteiger partial charge in [0.05, 0.1) is 0 Å². The van der Waals surface area contributed by atoms with Crippen LogP contribution in [-0.4, -0.2) is 17.1 Å². The van der Waals surface area contributed by atoms with Crippen molar-refractivity contribution in [3.05, 3.63) is 83.7 Å². The summed E-state index contributed by atoms with van der Waals surface area (Å²) in [6.07, 6.45) is 20.6. The minimum Gasteiger partial charge on any atom is -0.365 e. The van der Waals surface area contributed by atoms with Gasteiger partial charge in [-0.25, -0.2) is 0 Å². The lowest BCUT2D eigenvalue weighted by Crippen LogP contribution is -2.35. The first kappa shape index (κ1) is 52.9. The van der Waals surface area contributed by atoms with Crippen LogP contribution in [0.4, 0.5) is 0 Å². The number of nitrogens with zero attached hydrogens (tertiary/aromatic N) is 1. The molecule has 0 radical (unpaired) electrons. The minimum atomic E-state index is 0.647. The molecule has 266 valence electrons. The normalized spacial score (nSPS) is 11.2. The van der Waals surface area contributed by atoms with E-state index >= 15 is 0 Å². The highest BCUT2D eigenvalue weighted by atomic mass is 32.1. The van der Waals surface area contributed by atoms with Crippen molar-refractivity contribution in [1.82, 2.24) is 10.2 Å². The second kappa shape index (κ2) is 42.4. The first-order chi connectivity index (χ1) is 22.1. The van der Waals surface area contributed by atoms with Crippen LogP contribution in [0.2, 0.25) is 0 Å². The zero-order chi connectivity index (χ0) is 36.8. The Kier molecular flexibility index (Phi) is 48.8. The van der Waals surface area contributed by atoms with E-state index in [9.17, 15) is 0 Å². The molecule has 1 saturated carbocycles. The first-order valence-corrected chi connectivity index (χ1v) is 18.7. The lowest BCUT2D eigenvalue weighted by atomic mass is 10.1. The van der Waals surface area contributed by atoms with Gasteiger partial charge >= 0.3 is 0 Å². The SMILES string of the molecule is C=C/C=C\C(=C/C)N(C(=C)CC)C(=S)NC.CC.CC.CC1CCCC1.CCC#Cc1ccc(C)cc1C.CCCC.CCCC. The number of thiocarbonyl (C=S) groups is 1. The van der Waals surface area contributed by atoms with E-state index in [1.54, 1.807) is 6.08 Å². The molecule has 2 rings (SSSR count). The molecule has 1 aromatic rings. The fraction of sp³-hybridized carbons (Fsp3) is 0.605. The molecule has 3 heteroatoms. The van der Waals surface area contributed by atoms with E-state index in [0.29, 0.717) is 5.11 Å². The fourth-order valence-corrected chi connectivity index (χ4v) is 3.68. The number of hydrogen-bond acceptors (Lipinski definition) is 1. The van der Waals surface area contributed by atoms with Crippen LogP contribution in [0.3, 0.4) is 0 Å². The summed E-state index contributed by atoms with van der Waals surface area (Å²) in [6.45, 7) is 37.0. The maximum Gasteiger partial charge on any atom is 0.177 e. The quantitative estimate of drug-likeness (QED) is 0.179. The van der Waals surface area contributed by atoms with E-state index in [0.717, 1.165) is 35.7 Å².